The molecule has 0 radical (unpaired) electrons. The summed E-state index contributed by atoms with van der Waals surface area (Å²) in [5, 5.41) is 21.7. The molecule has 0 aliphatic heterocycles. The van der Waals surface area contributed by atoms with Crippen LogP contribution >= 0.6 is 0 Å². The molecule has 0 aliphatic rings. The van der Waals surface area contributed by atoms with Crippen molar-refractivity contribution in [2.45, 2.75) is 45.4 Å². The molecule has 0 unspecified atom stereocenters. The Morgan fingerprint density at radius 3 is 2.36 bits per heavy atom. The second-order valence-corrected chi connectivity index (χ2v) is 7.17. The van der Waals surface area contributed by atoms with E-state index in [1.165, 1.54) is 0 Å². The van der Waals surface area contributed by atoms with E-state index in [0.717, 1.165) is 11.1 Å². The van der Waals surface area contributed by atoms with Crippen LogP contribution in [0.15, 0.2) is 54.6 Å². The first-order valence-electron chi connectivity index (χ1n) is 9.32. The molecule has 0 aliphatic carbocycles. The van der Waals surface area contributed by atoms with Crippen molar-refractivity contribution in [2.24, 2.45) is 5.92 Å². The molecule has 2 atom stereocenters. The van der Waals surface area contributed by atoms with Crippen LogP contribution in [0.5, 0.6) is 5.75 Å². The summed E-state index contributed by atoms with van der Waals surface area (Å²) in [6.45, 7) is 4.17. The van der Waals surface area contributed by atoms with Gasteiger partial charge in [-0.3, -0.25) is 4.79 Å². The number of amides is 1. The first-order valence-corrected chi connectivity index (χ1v) is 9.32. The summed E-state index contributed by atoms with van der Waals surface area (Å²) in [5.74, 6) is -1.07. The molecule has 2 aromatic carbocycles. The van der Waals surface area contributed by atoms with E-state index in [0.29, 0.717) is 12.4 Å². The van der Waals surface area contributed by atoms with Crippen molar-refractivity contribution in [1.82, 2.24) is 5.32 Å². The van der Waals surface area contributed by atoms with Gasteiger partial charge in [0.05, 0.1) is 0 Å². The zero-order chi connectivity index (χ0) is 20.5. The van der Waals surface area contributed by atoms with Crippen molar-refractivity contribution in [3.05, 3.63) is 65.7 Å². The van der Waals surface area contributed by atoms with Crippen LogP contribution in [0.4, 0.5) is 0 Å². The van der Waals surface area contributed by atoms with Crippen molar-refractivity contribution >= 4 is 11.9 Å². The summed E-state index contributed by atoms with van der Waals surface area (Å²) in [4.78, 5) is 23.6. The minimum atomic E-state index is -1.22. The van der Waals surface area contributed by atoms with Crippen LogP contribution in [0.2, 0.25) is 0 Å². The molecule has 0 spiro atoms. The number of hydrogen-bond donors (Lipinski definition) is 3. The molecular weight excluding hydrogens is 358 g/mol. The van der Waals surface area contributed by atoms with E-state index < -0.39 is 24.0 Å². The van der Waals surface area contributed by atoms with Gasteiger partial charge in [-0.05, 0) is 35.6 Å². The van der Waals surface area contributed by atoms with Gasteiger partial charge in [0.25, 0.3) is 0 Å². The van der Waals surface area contributed by atoms with E-state index in [4.69, 9.17) is 4.74 Å². The monoisotopic (exact) mass is 385 g/mol. The lowest BCUT2D eigenvalue weighted by molar-refractivity contribution is -0.143. The quantitative estimate of drug-likeness (QED) is 0.584. The molecule has 0 aromatic heterocycles. The molecule has 28 heavy (non-hydrogen) atoms. The van der Waals surface area contributed by atoms with E-state index >= 15 is 0 Å². The summed E-state index contributed by atoms with van der Waals surface area (Å²) in [5.41, 5.74) is 1.75. The third-order valence-electron chi connectivity index (χ3n) is 4.20. The van der Waals surface area contributed by atoms with Crippen LogP contribution in [-0.2, 0) is 22.6 Å². The number of nitrogens with one attached hydrogen (secondary N) is 1. The standard InChI is InChI=1S/C22H27NO5/c1-15(2)11-20(24)21(25)23-19(22(26)27)13-17-9-6-10-18(12-17)28-14-16-7-4-3-5-8-16/h3-10,12,15,19-20,24H,11,13-14H2,1-2H3,(H,23,25)(H,26,27)/t19-,20-/m1/s1. The van der Waals surface area contributed by atoms with Gasteiger partial charge in [-0.1, -0.05) is 56.3 Å². The van der Waals surface area contributed by atoms with E-state index in [1.54, 1.807) is 24.3 Å². The zero-order valence-corrected chi connectivity index (χ0v) is 16.2. The molecule has 0 heterocycles. The van der Waals surface area contributed by atoms with Gasteiger partial charge in [-0.25, -0.2) is 4.79 Å². The second-order valence-electron chi connectivity index (χ2n) is 7.17. The second kappa shape index (κ2) is 10.5. The number of ether oxygens (including phenoxy) is 1. The highest BCUT2D eigenvalue weighted by Crippen LogP contribution is 2.17. The fraction of sp³-hybridized carbons (Fsp3) is 0.364. The summed E-state index contributed by atoms with van der Waals surface area (Å²) >= 11 is 0. The predicted molar refractivity (Wildman–Crippen MR) is 106 cm³/mol. The number of carboxylic acids is 1. The number of aliphatic carboxylic acids is 1. The van der Waals surface area contributed by atoms with Crippen LogP contribution in [0.25, 0.3) is 0 Å². The first kappa shape index (κ1) is 21.4. The number of benzene rings is 2. The van der Waals surface area contributed by atoms with Crippen molar-refractivity contribution in [2.75, 3.05) is 0 Å². The summed E-state index contributed by atoms with van der Waals surface area (Å²) in [7, 11) is 0. The van der Waals surface area contributed by atoms with Crippen LogP contribution < -0.4 is 10.1 Å². The van der Waals surface area contributed by atoms with Gasteiger partial charge in [-0.2, -0.15) is 0 Å². The van der Waals surface area contributed by atoms with E-state index in [9.17, 15) is 19.8 Å². The Morgan fingerprint density at radius 2 is 1.71 bits per heavy atom. The maximum Gasteiger partial charge on any atom is 0.326 e. The van der Waals surface area contributed by atoms with Gasteiger partial charge in [0, 0.05) is 6.42 Å². The van der Waals surface area contributed by atoms with Crippen LogP contribution in [0.3, 0.4) is 0 Å². The molecule has 0 saturated carbocycles. The van der Waals surface area contributed by atoms with Gasteiger partial charge >= 0.3 is 5.97 Å². The van der Waals surface area contributed by atoms with Crippen LogP contribution in [0, 0.1) is 5.92 Å². The fourth-order valence-electron chi connectivity index (χ4n) is 2.76. The highest BCUT2D eigenvalue weighted by Gasteiger charge is 2.24. The smallest absolute Gasteiger partial charge is 0.326 e. The van der Waals surface area contributed by atoms with Gasteiger partial charge in [0.15, 0.2) is 0 Å². The molecule has 3 N–H and O–H groups in total. The number of rotatable bonds is 10. The average molecular weight is 385 g/mol. The van der Waals surface area contributed by atoms with Gasteiger partial charge in [0.1, 0.15) is 24.5 Å². The Hall–Kier alpha value is -2.86. The Balaban J connectivity index is 1.98. The Labute approximate surface area is 165 Å². The summed E-state index contributed by atoms with van der Waals surface area (Å²) < 4.78 is 5.76. The number of carbonyl (C=O) groups excluding carboxylic acids is 1. The Bertz CT molecular complexity index is 776. The van der Waals surface area contributed by atoms with E-state index in [-0.39, 0.29) is 18.8 Å². The van der Waals surface area contributed by atoms with Gasteiger partial charge < -0.3 is 20.3 Å². The molecule has 0 fully saturated rings. The molecule has 2 rings (SSSR count). The Kier molecular flexibility index (Phi) is 8.02. The lowest BCUT2D eigenvalue weighted by atomic mass is 10.0. The number of carboxylic acid groups (broad SMARTS) is 1. The Morgan fingerprint density at radius 1 is 1.04 bits per heavy atom. The number of carbonyl (C=O) groups is 2. The maximum absolute atomic E-state index is 12.1. The van der Waals surface area contributed by atoms with E-state index in [2.05, 4.69) is 5.32 Å². The lowest BCUT2D eigenvalue weighted by Crippen LogP contribution is -2.46. The SMILES string of the molecule is CC(C)C[C@@H](O)C(=O)N[C@H](Cc1cccc(OCc2ccccc2)c1)C(=O)O. The van der Waals surface area contributed by atoms with Gasteiger partial charge in [0.2, 0.25) is 5.91 Å². The summed E-state index contributed by atoms with van der Waals surface area (Å²) in [6, 6.07) is 15.7. The minimum Gasteiger partial charge on any atom is -0.489 e. The summed E-state index contributed by atoms with van der Waals surface area (Å²) in [6.07, 6.45) is -0.846. The number of aliphatic hydroxyl groups excluding tert-OH is 1. The van der Waals surface area contributed by atoms with Crippen molar-refractivity contribution < 1.29 is 24.5 Å². The number of aliphatic hydroxyl groups is 1. The number of hydrogen-bond acceptors (Lipinski definition) is 4. The average Bonchev–Trinajstić information content (AvgIpc) is 2.66. The third-order valence-corrected chi connectivity index (χ3v) is 4.20. The van der Waals surface area contributed by atoms with Crippen molar-refractivity contribution in [1.29, 1.82) is 0 Å². The highest BCUT2D eigenvalue weighted by molar-refractivity contribution is 5.86. The molecule has 6 nitrogen and oxygen atoms in total. The minimum absolute atomic E-state index is 0.0952. The fourth-order valence-corrected chi connectivity index (χ4v) is 2.76. The van der Waals surface area contributed by atoms with Crippen molar-refractivity contribution in [3.8, 4) is 5.75 Å². The lowest BCUT2D eigenvalue weighted by Gasteiger charge is -2.18. The topological polar surface area (TPSA) is 95.9 Å². The molecule has 2 aromatic rings. The zero-order valence-electron chi connectivity index (χ0n) is 16.2. The van der Waals surface area contributed by atoms with Gasteiger partial charge in [-0.15, -0.1) is 0 Å². The highest BCUT2D eigenvalue weighted by atomic mass is 16.5. The normalized spacial score (nSPS) is 13.0. The third kappa shape index (κ3) is 7.04. The van der Waals surface area contributed by atoms with Crippen LogP contribution in [0.1, 0.15) is 31.4 Å². The molecule has 0 bridgehead atoms. The molecule has 150 valence electrons. The largest absolute Gasteiger partial charge is 0.489 e. The molecule has 6 heteroatoms. The molecule has 1 amide bonds. The van der Waals surface area contributed by atoms with Crippen LogP contribution in [-0.4, -0.2) is 34.2 Å². The van der Waals surface area contributed by atoms with E-state index in [1.807, 2.05) is 44.2 Å². The molecule has 0 saturated heterocycles. The maximum atomic E-state index is 12.1. The van der Waals surface area contributed by atoms with Crippen molar-refractivity contribution in [3.63, 3.8) is 0 Å². The predicted octanol–water partition coefficient (Wildman–Crippen LogP) is 2.78. The molecular formula is C22H27NO5. The first-order chi connectivity index (χ1) is 13.3.